The predicted molar refractivity (Wildman–Crippen MR) is 118 cm³/mol. The topological polar surface area (TPSA) is 127 Å². The van der Waals surface area contributed by atoms with E-state index >= 15 is 0 Å². The number of nitro benzene ring substituents is 1. The molecule has 0 saturated heterocycles. The first-order valence-electron chi connectivity index (χ1n) is 9.43. The Morgan fingerprint density at radius 3 is 2.08 bits per heavy atom. The number of anilines is 3. The molecule has 2 aromatic carbocycles. The van der Waals surface area contributed by atoms with Crippen molar-refractivity contribution in [2.75, 3.05) is 10.7 Å². The second-order valence-corrected chi connectivity index (χ2v) is 7.61. The SMILES string of the molecule is O=[N+]([O-])c1ccc(Nc2nc(NN=Cc3ccc(Br)cc3)nc(OC(C(F)(F)F)C(F)(F)F)n2)cc1. The highest BCUT2D eigenvalue weighted by Gasteiger charge is 2.59. The lowest BCUT2D eigenvalue weighted by Crippen LogP contribution is -2.46. The normalized spacial score (nSPS) is 12.1. The van der Waals surface area contributed by atoms with Crippen molar-refractivity contribution in [3.8, 4) is 6.01 Å². The number of nitrogens with one attached hydrogen (secondary N) is 2. The summed E-state index contributed by atoms with van der Waals surface area (Å²) in [7, 11) is 0. The van der Waals surface area contributed by atoms with E-state index in [0.717, 1.165) is 16.6 Å². The number of rotatable bonds is 8. The zero-order valence-electron chi connectivity index (χ0n) is 17.4. The van der Waals surface area contributed by atoms with Gasteiger partial charge in [-0.1, -0.05) is 28.1 Å². The molecule has 0 spiro atoms. The van der Waals surface area contributed by atoms with Gasteiger partial charge in [-0.2, -0.15) is 46.4 Å². The van der Waals surface area contributed by atoms with Crippen molar-refractivity contribution >= 4 is 45.4 Å². The van der Waals surface area contributed by atoms with E-state index < -0.39 is 41.3 Å². The van der Waals surface area contributed by atoms with E-state index in [0.29, 0.717) is 5.56 Å². The van der Waals surface area contributed by atoms with E-state index in [1.807, 2.05) is 0 Å². The molecule has 3 aromatic rings. The maximum absolute atomic E-state index is 12.9. The first-order valence-corrected chi connectivity index (χ1v) is 10.2. The molecule has 17 heteroatoms. The molecule has 0 atom stereocenters. The van der Waals surface area contributed by atoms with Gasteiger partial charge in [0.1, 0.15) is 0 Å². The number of nitrogens with zero attached hydrogens (tertiary/aromatic N) is 5. The monoisotopic (exact) mass is 579 g/mol. The Morgan fingerprint density at radius 1 is 0.944 bits per heavy atom. The zero-order chi connectivity index (χ0) is 26.5. The number of hydrogen-bond donors (Lipinski definition) is 2. The van der Waals surface area contributed by atoms with Crippen molar-refractivity contribution in [3.63, 3.8) is 0 Å². The van der Waals surface area contributed by atoms with Gasteiger partial charge >= 0.3 is 18.4 Å². The fourth-order valence-electron chi connectivity index (χ4n) is 2.45. The lowest BCUT2D eigenvalue weighted by molar-refractivity contribution is -0.384. The van der Waals surface area contributed by atoms with Crippen molar-refractivity contribution in [1.29, 1.82) is 0 Å². The van der Waals surface area contributed by atoms with Gasteiger partial charge in [0, 0.05) is 22.3 Å². The molecule has 3 rings (SSSR count). The van der Waals surface area contributed by atoms with E-state index in [-0.39, 0.29) is 11.4 Å². The van der Waals surface area contributed by atoms with Crippen LogP contribution in [0.1, 0.15) is 5.56 Å². The summed E-state index contributed by atoms with van der Waals surface area (Å²) < 4.78 is 82.5. The third kappa shape index (κ3) is 7.49. The number of benzene rings is 2. The number of non-ortho nitro benzene ring substituents is 1. The zero-order valence-corrected chi connectivity index (χ0v) is 19.0. The molecule has 0 amide bonds. The van der Waals surface area contributed by atoms with Crippen molar-refractivity contribution in [2.24, 2.45) is 5.10 Å². The summed E-state index contributed by atoms with van der Waals surface area (Å²) in [5.74, 6) is -1.08. The van der Waals surface area contributed by atoms with Crippen LogP contribution >= 0.6 is 15.9 Å². The van der Waals surface area contributed by atoms with E-state index in [1.54, 1.807) is 24.3 Å². The third-order valence-corrected chi connectivity index (χ3v) is 4.54. The van der Waals surface area contributed by atoms with Crippen LogP contribution in [-0.2, 0) is 0 Å². The Kier molecular flexibility index (Phi) is 7.91. The summed E-state index contributed by atoms with van der Waals surface area (Å²) in [6.07, 6.45) is -14.6. The molecule has 0 fully saturated rings. The predicted octanol–water partition coefficient (Wildman–Crippen LogP) is 5.60. The summed E-state index contributed by atoms with van der Waals surface area (Å²) in [6.45, 7) is 0. The maximum Gasteiger partial charge on any atom is 0.434 e. The highest BCUT2D eigenvalue weighted by Crippen LogP contribution is 2.36. The van der Waals surface area contributed by atoms with Gasteiger partial charge < -0.3 is 10.1 Å². The highest BCUT2D eigenvalue weighted by molar-refractivity contribution is 9.10. The van der Waals surface area contributed by atoms with Crippen LogP contribution in [0.2, 0.25) is 0 Å². The summed E-state index contributed by atoms with van der Waals surface area (Å²) in [5, 5.41) is 17.1. The number of aromatic nitrogens is 3. The molecule has 1 aromatic heterocycles. The molecule has 0 bridgehead atoms. The van der Waals surface area contributed by atoms with E-state index in [2.05, 4.69) is 51.5 Å². The van der Waals surface area contributed by atoms with Crippen LogP contribution in [0.15, 0.2) is 58.1 Å². The molecular weight excluding hydrogens is 568 g/mol. The fraction of sp³-hybridized carbons (Fsp3) is 0.158. The van der Waals surface area contributed by atoms with Gasteiger partial charge in [-0.3, -0.25) is 10.1 Å². The van der Waals surface area contributed by atoms with Crippen LogP contribution in [-0.4, -0.2) is 44.5 Å². The van der Waals surface area contributed by atoms with Gasteiger partial charge in [-0.25, -0.2) is 5.43 Å². The molecule has 10 nitrogen and oxygen atoms in total. The Balaban J connectivity index is 1.91. The van der Waals surface area contributed by atoms with Gasteiger partial charge in [-0.15, -0.1) is 0 Å². The third-order valence-electron chi connectivity index (χ3n) is 4.02. The molecule has 0 unspecified atom stereocenters. The van der Waals surface area contributed by atoms with Crippen LogP contribution in [0.4, 0.5) is 49.6 Å². The summed E-state index contributed by atoms with van der Waals surface area (Å²) in [4.78, 5) is 20.8. The smallest absolute Gasteiger partial charge is 0.434 e. The van der Waals surface area contributed by atoms with E-state index in [4.69, 9.17) is 0 Å². The van der Waals surface area contributed by atoms with Crippen molar-refractivity contribution < 1.29 is 36.0 Å². The van der Waals surface area contributed by atoms with E-state index in [9.17, 15) is 36.5 Å². The molecule has 190 valence electrons. The summed E-state index contributed by atoms with van der Waals surface area (Å²) >= 11 is 3.25. The van der Waals surface area contributed by atoms with Crippen molar-refractivity contribution in [2.45, 2.75) is 18.5 Å². The number of alkyl halides is 6. The minimum absolute atomic E-state index is 0.130. The number of hydrogen-bond acceptors (Lipinski definition) is 9. The molecular formula is C19H12BrF6N7O3. The van der Waals surface area contributed by atoms with Gasteiger partial charge in [-0.05, 0) is 29.8 Å². The standard InChI is InChI=1S/C19H12BrF6N7O3/c20-11-3-1-10(2-4-11)9-27-32-16-29-15(28-12-5-7-13(8-6-12)33(34)35)30-17(31-16)36-14(18(21,22)23)19(24,25)26/h1-9,14H,(H2,28,29,30,31,32). The Hall–Kier alpha value is -4.02. The first-order chi connectivity index (χ1) is 16.8. The lowest BCUT2D eigenvalue weighted by Gasteiger charge is -2.22. The van der Waals surface area contributed by atoms with Crippen LogP contribution in [0, 0.1) is 10.1 Å². The van der Waals surface area contributed by atoms with Crippen LogP contribution in [0.5, 0.6) is 6.01 Å². The Morgan fingerprint density at radius 2 is 1.53 bits per heavy atom. The Bertz CT molecular complexity index is 1220. The average molecular weight is 580 g/mol. The van der Waals surface area contributed by atoms with Crippen LogP contribution in [0.25, 0.3) is 0 Å². The molecule has 36 heavy (non-hydrogen) atoms. The van der Waals surface area contributed by atoms with Gasteiger partial charge in [0.2, 0.25) is 5.95 Å². The first kappa shape index (κ1) is 26.6. The molecule has 0 aliphatic rings. The number of hydrazone groups is 1. The average Bonchev–Trinajstić information content (AvgIpc) is 2.78. The molecule has 0 aliphatic carbocycles. The molecule has 0 aliphatic heterocycles. The summed E-state index contributed by atoms with van der Waals surface area (Å²) in [5.41, 5.74) is 2.73. The minimum atomic E-state index is -5.82. The van der Waals surface area contributed by atoms with E-state index in [1.165, 1.54) is 18.3 Å². The molecule has 2 N–H and O–H groups in total. The number of nitro groups is 1. The second kappa shape index (κ2) is 10.7. The maximum atomic E-state index is 12.9. The lowest BCUT2D eigenvalue weighted by atomic mass is 10.2. The highest BCUT2D eigenvalue weighted by atomic mass is 79.9. The van der Waals surface area contributed by atoms with Crippen LogP contribution < -0.4 is 15.5 Å². The van der Waals surface area contributed by atoms with Crippen LogP contribution in [0.3, 0.4) is 0 Å². The number of halogens is 7. The summed E-state index contributed by atoms with van der Waals surface area (Å²) in [6, 6.07) is 10.1. The number of ether oxygens (including phenoxy) is 1. The molecule has 0 saturated carbocycles. The van der Waals surface area contributed by atoms with Gasteiger partial charge in [0.15, 0.2) is 0 Å². The largest absolute Gasteiger partial charge is 0.440 e. The van der Waals surface area contributed by atoms with Crippen molar-refractivity contribution in [3.05, 3.63) is 68.7 Å². The fourth-order valence-corrected chi connectivity index (χ4v) is 2.71. The Labute approximate surface area is 205 Å². The van der Waals surface area contributed by atoms with Gasteiger partial charge in [0.25, 0.3) is 17.7 Å². The molecule has 1 heterocycles. The quantitative estimate of drug-likeness (QED) is 0.153. The second-order valence-electron chi connectivity index (χ2n) is 6.70. The molecule has 0 radical (unpaired) electrons. The minimum Gasteiger partial charge on any atom is -0.440 e. The van der Waals surface area contributed by atoms with Gasteiger partial charge in [0.05, 0.1) is 11.1 Å². The van der Waals surface area contributed by atoms with Crippen molar-refractivity contribution in [1.82, 2.24) is 15.0 Å².